The number of nitrogens with zero attached hydrogens (tertiary/aromatic N) is 1. The predicted molar refractivity (Wildman–Crippen MR) is 100 cm³/mol. The quantitative estimate of drug-likeness (QED) is 0.740. The van der Waals surface area contributed by atoms with Crippen LogP contribution in [-0.4, -0.2) is 43.0 Å². The molecule has 2 rings (SSSR count). The Bertz CT molecular complexity index is 691. The fourth-order valence-electron chi connectivity index (χ4n) is 2.83. The molecular weight excluding hydrogens is 332 g/mol. The van der Waals surface area contributed by atoms with E-state index in [0.717, 1.165) is 12.8 Å². The molecule has 0 aliphatic rings. The van der Waals surface area contributed by atoms with Gasteiger partial charge >= 0.3 is 0 Å². The Hall–Kier alpha value is -2.60. The summed E-state index contributed by atoms with van der Waals surface area (Å²) >= 11 is 0. The highest BCUT2D eigenvalue weighted by Crippen LogP contribution is 2.17. The Kier molecular flexibility index (Phi) is 7.41. The van der Waals surface area contributed by atoms with Gasteiger partial charge < -0.3 is 19.4 Å². The van der Waals surface area contributed by atoms with Crippen LogP contribution < -0.4 is 5.32 Å². The third-order valence-corrected chi connectivity index (χ3v) is 4.32. The second kappa shape index (κ2) is 9.77. The molecule has 2 aromatic rings. The number of carbonyl (C=O) groups is 2. The van der Waals surface area contributed by atoms with Gasteiger partial charge in [-0.15, -0.1) is 0 Å². The lowest BCUT2D eigenvalue weighted by Crippen LogP contribution is -2.41. The number of hydrogen-bond acceptors (Lipinski definition) is 4. The molecule has 0 aliphatic heterocycles. The fraction of sp³-hybridized carbons (Fsp3) is 0.400. The molecule has 1 aromatic heterocycles. The topological polar surface area (TPSA) is 71.8 Å². The summed E-state index contributed by atoms with van der Waals surface area (Å²) in [4.78, 5) is 26.8. The summed E-state index contributed by atoms with van der Waals surface area (Å²) in [5.74, 6) is -0.114. The Balaban J connectivity index is 2.09. The van der Waals surface area contributed by atoms with Gasteiger partial charge in [-0.3, -0.25) is 9.59 Å². The zero-order valence-corrected chi connectivity index (χ0v) is 15.5. The molecule has 1 N–H and O–H groups in total. The minimum Gasteiger partial charge on any atom is -0.459 e. The monoisotopic (exact) mass is 358 g/mol. The van der Waals surface area contributed by atoms with E-state index in [1.54, 1.807) is 43.5 Å². The average molecular weight is 358 g/mol. The van der Waals surface area contributed by atoms with Crippen molar-refractivity contribution in [2.24, 2.45) is 0 Å². The molecule has 26 heavy (non-hydrogen) atoms. The molecule has 2 amide bonds. The lowest BCUT2D eigenvalue weighted by atomic mass is 10.1. The van der Waals surface area contributed by atoms with Crippen molar-refractivity contribution in [2.45, 2.75) is 32.7 Å². The predicted octanol–water partition coefficient (Wildman–Crippen LogP) is 3.81. The number of amides is 2. The van der Waals surface area contributed by atoms with Gasteiger partial charge in [-0.1, -0.05) is 13.8 Å². The third kappa shape index (κ3) is 4.95. The van der Waals surface area contributed by atoms with Gasteiger partial charge in [-0.05, 0) is 49.2 Å². The maximum atomic E-state index is 12.9. The number of furan rings is 1. The molecular formula is C20H26N2O4. The van der Waals surface area contributed by atoms with Crippen molar-refractivity contribution in [1.29, 1.82) is 0 Å². The van der Waals surface area contributed by atoms with Crippen LogP contribution in [0, 0.1) is 0 Å². The zero-order chi connectivity index (χ0) is 18.9. The molecule has 0 fully saturated rings. The summed E-state index contributed by atoms with van der Waals surface area (Å²) in [6, 6.07) is 10.3. The van der Waals surface area contributed by atoms with E-state index in [1.165, 1.54) is 6.26 Å². The Morgan fingerprint density at radius 3 is 2.38 bits per heavy atom. The molecule has 0 atom stereocenters. The molecule has 1 heterocycles. The first-order valence-electron chi connectivity index (χ1n) is 8.85. The van der Waals surface area contributed by atoms with Crippen LogP contribution in [0.3, 0.4) is 0 Å². The molecule has 6 nitrogen and oxygen atoms in total. The molecule has 140 valence electrons. The van der Waals surface area contributed by atoms with E-state index in [1.807, 2.05) is 4.90 Å². The molecule has 0 unspecified atom stereocenters. The maximum absolute atomic E-state index is 12.9. The van der Waals surface area contributed by atoms with E-state index >= 15 is 0 Å². The van der Waals surface area contributed by atoms with Crippen LogP contribution in [0.1, 0.15) is 47.6 Å². The summed E-state index contributed by atoms with van der Waals surface area (Å²) < 4.78 is 10.2. The van der Waals surface area contributed by atoms with Crippen molar-refractivity contribution in [2.75, 3.05) is 25.6 Å². The minimum absolute atomic E-state index is 0.0281. The molecule has 0 saturated heterocycles. The second-order valence-electron chi connectivity index (χ2n) is 5.97. The average Bonchev–Trinajstić information content (AvgIpc) is 3.20. The van der Waals surface area contributed by atoms with Crippen molar-refractivity contribution < 1.29 is 18.7 Å². The van der Waals surface area contributed by atoms with Crippen LogP contribution in [0.5, 0.6) is 0 Å². The highest BCUT2D eigenvalue weighted by molar-refractivity contribution is 6.02. The number of carbonyl (C=O) groups excluding carboxylic acids is 2. The lowest BCUT2D eigenvalue weighted by molar-refractivity contribution is 0.0589. The maximum Gasteiger partial charge on any atom is 0.291 e. The number of methoxy groups -OCH3 is 1. The summed E-state index contributed by atoms with van der Waals surface area (Å²) in [6.07, 6.45) is 3.23. The summed E-state index contributed by atoms with van der Waals surface area (Å²) in [5.41, 5.74) is 1.19. The second-order valence-corrected chi connectivity index (χ2v) is 5.97. The summed E-state index contributed by atoms with van der Waals surface area (Å²) in [5, 5.41) is 2.74. The van der Waals surface area contributed by atoms with Gasteiger partial charge in [0.2, 0.25) is 0 Å². The standard InChI is InChI=1S/C20H26N2O4/c1-4-17(5-2)22(12-14-25-3)20(24)15-8-10-16(11-9-15)21-19(23)18-7-6-13-26-18/h6-11,13,17H,4-5,12,14H2,1-3H3,(H,21,23). The number of benzene rings is 1. The van der Waals surface area contributed by atoms with Gasteiger partial charge in [-0.25, -0.2) is 0 Å². The first-order valence-corrected chi connectivity index (χ1v) is 8.85. The van der Waals surface area contributed by atoms with E-state index in [2.05, 4.69) is 19.2 Å². The van der Waals surface area contributed by atoms with Crippen molar-refractivity contribution in [3.8, 4) is 0 Å². The number of ether oxygens (including phenoxy) is 1. The van der Waals surface area contributed by atoms with E-state index in [4.69, 9.17) is 9.15 Å². The van der Waals surface area contributed by atoms with Gasteiger partial charge in [0.1, 0.15) is 0 Å². The number of anilines is 1. The van der Waals surface area contributed by atoms with Gasteiger partial charge in [0.25, 0.3) is 11.8 Å². The van der Waals surface area contributed by atoms with Gasteiger partial charge in [-0.2, -0.15) is 0 Å². The smallest absolute Gasteiger partial charge is 0.291 e. The SMILES string of the molecule is CCC(CC)N(CCOC)C(=O)c1ccc(NC(=O)c2ccco2)cc1. The van der Waals surface area contributed by atoms with Gasteiger partial charge in [0.05, 0.1) is 12.9 Å². The molecule has 0 spiro atoms. The Morgan fingerprint density at radius 1 is 1.15 bits per heavy atom. The highest BCUT2D eigenvalue weighted by atomic mass is 16.5. The molecule has 0 radical (unpaired) electrons. The van der Waals surface area contributed by atoms with Crippen LogP contribution in [0.2, 0.25) is 0 Å². The van der Waals surface area contributed by atoms with Gasteiger partial charge in [0, 0.05) is 30.9 Å². The molecule has 0 saturated carbocycles. The molecule has 1 aromatic carbocycles. The minimum atomic E-state index is -0.326. The largest absolute Gasteiger partial charge is 0.459 e. The van der Waals surface area contributed by atoms with Gasteiger partial charge in [0.15, 0.2) is 5.76 Å². The lowest BCUT2D eigenvalue weighted by Gasteiger charge is -2.30. The number of nitrogens with one attached hydrogen (secondary N) is 1. The summed E-state index contributed by atoms with van der Waals surface area (Å²) in [7, 11) is 1.63. The van der Waals surface area contributed by atoms with Crippen LogP contribution in [0.25, 0.3) is 0 Å². The molecule has 6 heteroatoms. The first-order chi connectivity index (χ1) is 12.6. The fourth-order valence-corrected chi connectivity index (χ4v) is 2.83. The van der Waals surface area contributed by atoms with E-state index in [-0.39, 0.29) is 23.6 Å². The first kappa shape index (κ1) is 19.7. The Labute approximate surface area is 154 Å². The molecule has 0 aliphatic carbocycles. The van der Waals surface area contributed by atoms with Crippen molar-refractivity contribution >= 4 is 17.5 Å². The zero-order valence-electron chi connectivity index (χ0n) is 15.5. The van der Waals surface area contributed by atoms with E-state index in [0.29, 0.717) is 24.4 Å². The van der Waals surface area contributed by atoms with Crippen molar-refractivity contribution in [1.82, 2.24) is 4.90 Å². The van der Waals surface area contributed by atoms with Crippen LogP contribution in [-0.2, 0) is 4.74 Å². The van der Waals surface area contributed by atoms with Crippen LogP contribution in [0.4, 0.5) is 5.69 Å². The van der Waals surface area contributed by atoms with Crippen molar-refractivity contribution in [3.63, 3.8) is 0 Å². The number of hydrogen-bond donors (Lipinski definition) is 1. The van der Waals surface area contributed by atoms with E-state index in [9.17, 15) is 9.59 Å². The number of rotatable bonds is 9. The van der Waals surface area contributed by atoms with Crippen LogP contribution in [0.15, 0.2) is 47.1 Å². The highest BCUT2D eigenvalue weighted by Gasteiger charge is 2.22. The van der Waals surface area contributed by atoms with Crippen LogP contribution >= 0.6 is 0 Å². The van der Waals surface area contributed by atoms with E-state index < -0.39 is 0 Å². The third-order valence-electron chi connectivity index (χ3n) is 4.32. The normalized spacial score (nSPS) is 10.8. The van der Waals surface area contributed by atoms with Crippen molar-refractivity contribution in [3.05, 3.63) is 54.0 Å². The summed E-state index contributed by atoms with van der Waals surface area (Å²) in [6.45, 7) is 5.21. The Morgan fingerprint density at radius 2 is 1.85 bits per heavy atom. The molecule has 0 bridgehead atoms.